The van der Waals surface area contributed by atoms with Gasteiger partial charge in [-0.3, -0.25) is 4.79 Å². The highest BCUT2D eigenvalue weighted by Crippen LogP contribution is 2.33. The lowest BCUT2D eigenvalue weighted by Gasteiger charge is -2.14. The molecule has 38 heavy (non-hydrogen) atoms. The Balaban J connectivity index is 1.52. The minimum Gasteiger partial charge on any atom is -0.435 e. The second-order valence-corrected chi connectivity index (χ2v) is 9.19. The van der Waals surface area contributed by atoms with E-state index in [0.29, 0.717) is 28.3 Å². The van der Waals surface area contributed by atoms with Crippen LogP contribution in [0.3, 0.4) is 0 Å². The fourth-order valence-corrected chi connectivity index (χ4v) is 4.11. The summed E-state index contributed by atoms with van der Waals surface area (Å²) in [6.07, 6.45) is -1.70. The first-order valence-corrected chi connectivity index (χ1v) is 12.3. The third-order valence-electron chi connectivity index (χ3n) is 6.22. The summed E-state index contributed by atoms with van der Waals surface area (Å²) in [6, 6.07) is 14.5. The van der Waals surface area contributed by atoms with Crippen LogP contribution in [0.25, 0.3) is 16.9 Å². The molecule has 2 aromatic carbocycles. The second kappa shape index (κ2) is 10.2. The van der Waals surface area contributed by atoms with Gasteiger partial charge >= 0.3 is 6.18 Å². The van der Waals surface area contributed by atoms with E-state index in [4.69, 9.17) is 4.74 Å². The molecule has 8 nitrogen and oxygen atoms in total. The minimum atomic E-state index is -4.30. The highest BCUT2D eigenvalue weighted by Gasteiger charge is 2.27. The number of rotatable bonds is 9. The predicted octanol–water partition coefficient (Wildman–Crippen LogP) is 5.80. The largest absolute Gasteiger partial charge is 0.435 e. The topological polar surface area (TPSA) is 92.6 Å². The van der Waals surface area contributed by atoms with E-state index in [1.54, 1.807) is 31.4 Å². The number of carbonyl (C=O) groups excluding carboxylic acids is 1. The van der Waals surface area contributed by atoms with E-state index in [9.17, 15) is 18.0 Å². The van der Waals surface area contributed by atoms with E-state index >= 15 is 0 Å². The average Bonchev–Trinajstić information content (AvgIpc) is 3.58. The molecule has 0 bridgehead atoms. The van der Waals surface area contributed by atoms with Crippen molar-refractivity contribution in [2.45, 2.75) is 38.4 Å². The van der Waals surface area contributed by atoms with E-state index in [1.807, 2.05) is 31.2 Å². The van der Waals surface area contributed by atoms with Crippen LogP contribution in [0.4, 0.5) is 24.5 Å². The number of benzene rings is 2. The van der Waals surface area contributed by atoms with Crippen molar-refractivity contribution in [1.82, 2.24) is 19.9 Å². The maximum atomic E-state index is 12.8. The zero-order chi connectivity index (χ0) is 26.9. The smallest absolute Gasteiger partial charge is 0.390 e. The molecule has 0 spiro atoms. The van der Waals surface area contributed by atoms with Gasteiger partial charge in [0.2, 0.25) is 5.88 Å². The number of para-hydroxylation sites is 2. The summed E-state index contributed by atoms with van der Waals surface area (Å²) in [5, 5.41) is 13.5. The van der Waals surface area contributed by atoms with E-state index in [1.165, 1.54) is 10.6 Å². The van der Waals surface area contributed by atoms with E-state index in [2.05, 4.69) is 26.0 Å². The number of nitrogens with zero attached hydrogens (tertiary/aromatic N) is 3. The minimum absolute atomic E-state index is 0.108. The van der Waals surface area contributed by atoms with Crippen LogP contribution in [0, 0.1) is 6.92 Å². The summed E-state index contributed by atoms with van der Waals surface area (Å²) in [5.74, 6) is 0.570. The van der Waals surface area contributed by atoms with Crippen LogP contribution in [-0.4, -0.2) is 46.3 Å². The van der Waals surface area contributed by atoms with Crippen LogP contribution >= 0.6 is 0 Å². The van der Waals surface area contributed by atoms with Gasteiger partial charge in [-0.15, -0.1) is 5.10 Å². The van der Waals surface area contributed by atoms with Gasteiger partial charge in [-0.05, 0) is 49.6 Å². The van der Waals surface area contributed by atoms with Gasteiger partial charge in [0.15, 0.2) is 11.4 Å². The van der Waals surface area contributed by atoms with Crippen molar-refractivity contribution in [3.8, 4) is 22.9 Å². The number of amides is 1. The van der Waals surface area contributed by atoms with Crippen LogP contribution in [-0.2, 0) is 0 Å². The van der Waals surface area contributed by atoms with Gasteiger partial charge in [0.05, 0.1) is 29.7 Å². The fourth-order valence-electron chi connectivity index (χ4n) is 4.11. The molecule has 1 aliphatic carbocycles. The van der Waals surface area contributed by atoms with Gasteiger partial charge in [0.25, 0.3) is 5.91 Å². The molecule has 2 aromatic heterocycles. The lowest BCUT2D eigenvalue weighted by molar-refractivity contribution is -0.131. The first-order chi connectivity index (χ1) is 18.2. The van der Waals surface area contributed by atoms with Crippen molar-refractivity contribution >= 4 is 22.9 Å². The number of hydrogen-bond acceptors (Lipinski definition) is 6. The van der Waals surface area contributed by atoms with Gasteiger partial charge in [0.1, 0.15) is 0 Å². The number of halogens is 3. The molecule has 11 heteroatoms. The number of hydrogen-bond donors (Lipinski definition) is 3. The molecule has 1 saturated carbocycles. The third kappa shape index (κ3) is 5.66. The number of imidazole rings is 1. The molecule has 2 heterocycles. The van der Waals surface area contributed by atoms with Gasteiger partial charge in [-0.1, -0.05) is 18.2 Å². The molecule has 0 unspecified atom stereocenters. The predicted molar refractivity (Wildman–Crippen MR) is 139 cm³/mol. The number of ether oxygens (including phenoxy) is 1. The van der Waals surface area contributed by atoms with Crippen molar-refractivity contribution < 1.29 is 22.7 Å². The Morgan fingerprint density at radius 1 is 1.13 bits per heavy atom. The molecular weight excluding hydrogens is 497 g/mol. The number of carbonyl (C=O) groups is 1. The molecule has 0 atom stereocenters. The molecule has 1 aliphatic rings. The maximum absolute atomic E-state index is 12.8. The van der Waals surface area contributed by atoms with Crippen molar-refractivity contribution in [2.24, 2.45) is 0 Å². The highest BCUT2D eigenvalue weighted by molar-refractivity contribution is 5.96. The SMILES string of the molecule is CNc1ccccc1Oc1cc(NCCC(F)(F)F)c2ncc(-c3ccc(C(=O)NC4CC4)c(C)c3)n2n1. The molecule has 1 amide bonds. The number of aromatic nitrogens is 3. The Bertz CT molecular complexity index is 1480. The highest BCUT2D eigenvalue weighted by atomic mass is 19.4. The van der Waals surface area contributed by atoms with Gasteiger partial charge in [-0.25, -0.2) is 9.50 Å². The number of anilines is 2. The fraction of sp³-hybridized carbons (Fsp3) is 0.296. The summed E-state index contributed by atoms with van der Waals surface area (Å²) in [5.41, 5.74) is 4.15. The Labute approximate surface area is 217 Å². The first kappa shape index (κ1) is 25.4. The number of alkyl halides is 3. The summed E-state index contributed by atoms with van der Waals surface area (Å²) in [7, 11) is 1.76. The van der Waals surface area contributed by atoms with Crippen LogP contribution in [0.15, 0.2) is 54.7 Å². The summed E-state index contributed by atoms with van der Waals surface area (Å²) in [6.45, 7) is 1.52. The number of nitrogens with one attached hydrogen (secondary N) is 3. The molecule has 4 aromatic rings. The standard InChI is InChI=1S/C27H27F3N6O2/c1-16-13-17(7-10-19(16)26(37)34-18-8-9-18)22-15-33-25-21(32-12-11-27(28,29)30)14-24(35-36(22)25)38-23-6-4-3-5-20(23)31-2/h3-7,10,13-15,18,31-32H,8-9,11-12H2,1-2H3,(H,34,37). The van der Waals surface area contributed by atoms with Crippen LogP contribution in [0.5, 0.6) is 11.6 Å². The van der Waals surface area contributed by atoms with Crippen molar-refractivity contribution in [3.05, 3.63) is 65.9 Å². The summed E-state index contributed by atoms with van der Waals surface area (Å²) >= 11 is 0. The van der Waals surface area contributed by atoms with Crippen LogP contribution in [0.1, 0.15) is 35.2 Å². The van der Waals surface area contributed by atoms with E-state index in [-0.39, 0.29) is 24.4 Å². The van der Waals surface area contributed by atoms with Crippen LogP contribution in [0.2, 0.25) is 0 Å². The molecule has 5 rings (SSSR count). The lowest BCUT2D eigenvalue weighted by Crippen LogP contribution is -2.26. The molecule has 198 valence electrons. The van der Waals surface area contributed by atoms with Gasteiger partial charge < -0.3 is 20.7 Å². The molecule has 1 fully saturated rings. The number of aryl methyl sites for hydroxylation is 1. The Morgan fingerprint density at radius 2 is 1.92 bits per heavy atom. The Morgan fingerprint density at radius 3 is 2.63 bits per heavy atom. The summed E-state index contributed by atoms with van der Waals surface area (Å²) < 4.78 is 46.0. The zero-order valence-corrected chi connectivity index (χ0v) is 20.9. The molecule has 0 saturated heterocycles. The Hall–Kier alpha value is -4.28. The second-order valence-electron chi connectivity index (χ2n) is 9.19. The lowest BCUT2D eigenvalue weighted by atomic mass is 10.0. The van der Waals surface area contributed by atoms with Crippen molar-refractivity contribution in [3.63, 3.8) is 0 Å². The molecule has 0 aliphatic heterocycles. The maximum Gasteiger partial charge on any atom is 0.390 e. The van der Waals surface area contributed by atoms with E-state index in [0.717, 1.165) is 29.7 Å². The van der Waals surface area contributed by atoms with Gasteiger partial charge in [0, 0.05) is 36.8 Å². The normalized spacial score (nSPS) is 13.4. The quantitative estimate of drug-likeness (QED) is 0.257. The van der Waals surface area contributed by atoms with Gasteiger partial charge in [-0.2, -0.15) is 13.2 Å². The van der Waals surface area contributed by atoms with Crippen LogP contribution < -0.4 is 20.7 Å². The van der Waals surface area contributed by atoms with E-state index < -0.39 is 12.6 Å². The zero-order valence-electron chi connectivity index (χ0n) is 20.9. The Kier molecular flexibility index (Phi) is 6.83. The molecule has 3 N–H and O–H groups in total. The first-order valence-electron chi connectivity index (χ1n) is 12.3. The summed E-state index contributed by atoms with van der Waals surface area (Å²) in [4.78, 5) is 17.0. The van der Waals surface area contributed by atoms with Crippen molar-refractivity contribution in [1.29, 1.82) is 0 Å². The third-order valence-corrected chi connectivity index (χ3v) is 6.22. The molecular formula is C27H27F3N6O2. The monoisotopic (exact) mass is 524 g/mol. The average molecular weight is 525 g/mol. The molecule has 0 radical (unpaired) electrons. The van der Waals surface area contributed by atoms with Crippen molar-refractivity contribution in [2.75, 3.05) is 24.2 Å². The number of fused-ring (bicyclic) bond motifs is 1.